The third-order valence-electron chi connectivity index (χ3n) is 10.1. The van der Waals surface area contributed by atoms with Crippen LogP contribution in [0.25, 0.3) is 85.9 Å². The SMILES string of the molecule is c1ccc(N(c2ccc3c(c2)oc2ccccc23)c2cccc3oc4c5ccccc5ccc4c23)c(-c2cccc3sc4ccccc4c23)c1. The highest BCUT2D eigenvalue weighted by Gasteiger charge is 2.24. The van der Waals surface area contributed by atoms with Gasteiger partial charge in [0.2, 0.25) is 0 Å². The Balaban J connectivity index is 1.24. The minimum absolute atomic E-state index is 0.854. The number of fused-ring (bicyclic) bond motifs is 11. The minimum Gasteiger partial charge on any atom is -0.456 e. The summed E-state index contributed by atoms with van der Waals surface area (Å²) < 4.78 is 15.8. The monoisotopic (exact) mass is 657 g/mol. The molecule has 0 atom stereocenters. The number of anilines is 3. The normalized spacial score (nSPS) is 12.0. The fraction of sp³-hybridized carbons (Fsp3) is 0. The maximum absolute atomic E-state index is 6.70. The molecule has 0 aliphatic heterocycles. The number of para-hydroxylation sites is 2. The summed E-state index contributed by atoms with van der Waals surface area (Å²) in [7, 11) is 0. The van der Waals surface area contributed by atoms with E-state index in [2.05, 4.69) is 157 Å². The van der Waals surface area contributed by atoms with Gasteiger partial charge in [0.1, 0.15) is 22.3 Å². The smallest absolute Gasteiger partial charge is 0.143 e. The van der Waals surface area contributed by atoms with E-state index in [4.69, 9.17) is 8.83 Å². The van der Waals surface area contributed by atoms with Crippen molar-refractivity contribution in [1.29, 1.82) is 0 Å². The summed E-state index contributed by atoms with van der Waals surface area (Å²) in [6.07, 6.45) is 0. The van der Waals surface area contributed by atoms with E-state index in [0.29, 0.717) is 0 Å². The van der Waals surface area contributed by atoms with E-state index < -0.39 is 0 Å². The lowest BCUT2D eigenvalue weighted by atomic mass is 9.96. The van der Waals surface area contributed by atoms with Crippen LogP contribution in [0.2, 0.25) is 0 Å². The van der Waals surface area contributed by atoms with Crippen LogP contribution in [-0.4, -0.2) is 0 Å². The molecule has 11 aromatic rings. The first-order chi connectivity index (χ1) is 24.8. The molecule has 0 amide bonds. The number of benzene rings is 8. The molecule has 0 fully saturated rings. The van der Waals surface area contributed by atoms with E-state index in [-0.39, 0.29) is 0 Å². The van der Waals surface area contributed by atoms with Gasteiger partial charge in [-0.25, -0.2) is 0 Å². The van der Waals surface area contributed by atoms with Crippen LogP contribution in [0.5, 0.6) is 0 Å². The zero-order valence-corrected chi connectivity index (χ0v) is 27.6. The summed E-state index contributed by atoms with van der Waals surface area (Å²) in [5.41, 5.74) is 8.99. The molecule has 0 aliphatic carbocycles. The van der Waals surface area contributed by atoms with Crippen LogP contribution < -0.4 is 4.90 Å². The maximum atomic E-state index is 6.70. The zero-order chi connectivity index (χ0) is 32.8. The van der Waals surface area contributed by atoms with Gasteiger partial charge in [-0.2, -0.15) is 0 Å². The third kappa shape index (κ3) is 3.97. The third-order valence-corrected chi connectivity index (χ3v) is 11.2. The van der Waals surface area contributed by atoms with E-state index >= 15 is 0 Å². The molecular weight excluding hydrogens is 631 g/mol. The highest BCUT2D eigenvalue weighted by Crippen LogP contribution is 2.49. The first-order valence-electron chi connectivity index (χ1n) is 16.8. The second kappa shape index (κ2) is 10.6. The fourth-order valence-corrected chi connectivity index (χ4v) is 9.01. The topological polar surface area (TPSA) is 29.5 Å². The molecule has 0 saturated heterocycles. The molecule has 0 unspecified atom stereocenters. The fourth-order valence-electron chi connectivity index (χ4n) is 7.88. The molecule has 0 aliphatic rings. The number of furan rings is 2. The zero-order valence-electron chi connectivity index (χ0n) is 26.8. The van der Waals surface area contributed by atoms with Crippen molar-refractivity contribution in [3.63, 3.8) is 0 Å². The summed E-state index contributed by atoms with van der Waals surface area (Å²) in [4.78, 5) is 2.39. The molecule has 0 bridgehead atoms. The molecule has 3 nitrogen and oxygen atoms in total. The summed E-state index contributed by atoms with van der Waals surface area (Å²) in [5, 5.41) is 9.22. The van der Waals surface area contributed by atoms with Crippen molar-refractivity contribution < 1.29 is 8.83 Å². The first kappa shape index (κ1) is 27.6. The average molecular weight is 658 g/mol. The van der Waals surface area contributed by atoms with E-state index in [9.17, 15) is 0 Å². The highest BCUT2D eigenvalue weighted by molar-refractivity contribution is 7.25. The molecule has 0 saturated carbocycles. The van der Waals surface area contributed by atoms with Crippen LogP contribution in [0, 0.1) is 0 Å². The number of rotatable bonds is 4. The second-order valence-electron chi connectivity index (χ2n) is 12.8. The average Bonchev–Trinajstić information content (AvgIpc) is 3.86. The van der Waals surface area contributed by atoms with Crippen LogP contribution in [-0.2, 0) is 0 Å². The van der Waals surface area contributed by atoms with Crippen LogP contribution in [0.1, 0.15) is 0 Å². The Labute approximate surface area is 290 Å². The van der Waals surface area contributed by atoms with Crippen molar-refractivity contribution in [2.24, 2.45) is 0 Å². The van der Waals surface area contributed by atoms with Crippen LogP contribution in [0.15, 0.2) is 173 Å². The molecule has 8 aromatic carbocycles. The lowest BCUT2D eigenvalue weighted by Gasteiger charge is -2.28. The summed E-state index contributed by atoms with van der Waals surface area (Å²) >= 11 is 1.85. The van der Waals surface area contributed by atoms with Crippen molar-refractivity contribution in [2.45, 2.75) is 0 Å². The maximum Gasteiger partial charge on any atom is 0.143 e. The van der Waals surface area contributed by atoms with Crippen molar-refractivity contribution in [3.8, 4) is 11.1 Å². The van der Waals surface area contributed by atoms with Gasteiger partial charge in [0.15, 0.2) is 0 Å². The van der Waals surface area contributed by atoms with Crippen molar-refractivity contribution in [3.05, 3.63) is 164 Å². The van der Waals surface area contributed by atoms with Crippen molar-refractivity contribution >= 4 is 103 Å². The van der Waals surface area contributed by atoms with Gasteiger partial charge in [0, 0.05) is 59.0 Å². The quantitative estimate of drug-likeness (QED) is 0.189. The van der Waals surface area contributed by atoms with Gasteiger partial charge in [0.05, 0.1) is 16.8 Å². The molecule has 0 N–H and O–H groups in total. The van der Waals surface area contributed by atoms with Gasteiger partial charge >= 0.3 is 0 Å². The van der Waals surface area contributed by atoms with Gasteiger partial charge in [-0.05, 0) is 65.5 Å². The van der Waals surface area contributed by atoms with Crippen LogP contribution in [0.4, 0.5) is 17.1 Å². The van der Waals surface area contributed by atoms with E-state index in [1.165, 1.54) is 25.7 Å². The molecule has 0 radical (unpaired) electrons. The predicted octanol–water partition coefficient (Wildman–Crippen LogP) is 14.1. The Morgan fingerprint density at radius 1 is 0.400 bits per heavy atom. The minimum atomic E-state index is 0.854. The van der Waals surface area contributed by atoms with E-state index in [1.807, 2.05) is 23.5 Å². The van der Waals surface area contributed by atoms with Crippen LogP contribution >= 0.6 is 11.3 Å². The Morgan fingerprint density at radius 3 is 2.04 bits per heavy atom. The number of thiophene rings is 1. The standard InChI is InChI=1S/C46H27NO2S/c1-2-12-30-28(11-1)23-25-36-45-38(18-10-20-40(45)49-46(30)36)47(29-24-26-33-32-14-4-7-19-39(32)48-41(33)27-29)37-17-6-3-13-31(37)34-16-9-22-43-44(34)35-15-5-8-21-42(35)50-43/h1-27H. The molecule has 234 valence electrons. The molecule has 4 heteroatoms. The Kier molecular flexibility index (Phi) is 5.83. The number of nitrogens with zero attached hydrogens (tertiary/aromatic N) is 1. The predicted molar refractivity (Wildman–Crippen MR) is 212 cm³/mol. The molecule has 3 heterocycles. The first-order valence-corrected chi connectivity index (χ1v) is 17.7. The largest absolute Gasteiger partial charge is 0.456 e. The van der Waals surface area contributed by atoms with Gasteiger partial charge in [0.25, 0.3) is 0 Å². The van der Waals surface area contributed by atoms with Crippen molar-refractivity contribution in [2.75, 3.05) is 4.90 Å². The molecule has 0 spiro atoms. The number of hydrogen-bond acceptors (Lipinski definition) is 4. The highest BCUT2D eigenvalue weighted by atomic mass is 32.1. The molecule has 11 rings (SSSR count). The number of hydrogen-bond donors (Lipinski definition) is 0. The lowest BCUT2D eigenvalue weighted by Crippen LogP contribution is -2.11. The van der Waals surface area contributed by atoms with E-state index in [1.54, 1.807) is 0 Å². The Morgan fingerprint density at radius 2 is 1.08 bits per heavy atom. The Bertz CT molecular complexity index is 3130. The molecule has 3 aromatic heterocycles. The van der Waals surface area contributed by atoms with Crippen LogP contribution in [0.3, 0.4) is 0 Å². The van der Waals surface area contributed by atoms with Gasteiger partial charge in [-0.3, -0.25) is 0 Å². The molecular formula is C46H27NO2S. The lowest BCUT2D eigenvalue weighted by molar-refractivity contribution is 0.669. The summed E-state index contributed by atoms with van der Waals surface area (Å²) in [5.74, 6) is 0. The van der Waals surface area contributed by atoms with Gasteiger partial charge < -0.3 is 13.7 Å². The van der Waals surface area contributed by atoms with Gasteiger partial charge in [-0.15, -0.1) is 11.3 Å². The van der Waals surface area contributed by atoms with Crippen molar-refractivity contribution in [1.82, 2.24) is 0 Å². The summed E-state index contributed by atoms with van der Waals surface area (Å²) in [6.45, 7) is 0. The molecule has 50 heavy (non-hydrogen) atoms. The van der Waals surface area contributed by atoms with E-state index in [0.717, 1.165) is 77.3 Å². The summed E-state index contributed by atoms with van der Waals surface area (Å²) in [6, 6.07) is 58.3. The second-order valence-corrected chi connectivity index (χ2v) is 13.9. The van der Waals surface area contributed by atoms with Gasteiger partial charge in [-0.1, -0.05) is 103 Å². The Hall–Kier alpha value is -6.36.